The van der Waals surface area contributed by atoms with Crippen LogP contribution in [-0.4, -0.2) is 9.55 Å². The van der Waals surface area contributed by atoms with Gasteiger partial charge in [-0.15, -0.1) is 53.6 Å². The fourth-order valence-electron chi connectivity index (χ4n) is 9.56. The largest absolute Gasteiger partial charge is 0.509 e. The van der Waals surface area contributed by atoms with Gasteiger partial charge in [-0.1, -0.05) is 108 Å². The van der Waals surface area contributed by atoms with Crippen LogP contribution in [0, 0.1) is 31.5 Å². The molecule has 0 saturated carbocycles. The predicted molar refractivity (Wildman–Crippen MR) is 267 cm³/mol. The maximum absolute atomic E-state index is 14.6. The monoisotopic (exact) mass is 1050 g/mol. The topological polar surface area (TPSA) is 33.5 Å². The van der Waals surface area contributed by atoms with Crippen LogP contribution in [0.3, 0.4) is 0 Å². The van der Waals surface area contributed by atoms with Gasteiger partial charge in [0.05, 0.1) is 0 Å². The molecule has 0 radical (unpaired) electrons. The molecule has 1 aliphatic rings. The third kappa shape index (κ3) is 8.11. The molecule has 334 valence electrons. The number of aromatic nitrogens is 2. The quantitative estimate of drug-likeness (QED) is 0.121. The molecule has 9 aromatic rings. The molecule has 0 atom stereocenters. The second-order valence-electron chi connectivity index (χ2n) is 17.7. The number of fused-ring (bicyclic) bond motifs is 4. The van der Waals surface area contributed by atoms with E-state index in [9.17, 15) is 4.39 Å². The molecule has 0 unspecified atom stereocenters. The van der Waals surface area contributed by atoms with Crippen LogP contribution in [0.2, 0.25) is 0 Å². The molecule has 0 N–H and O–H groups in total. The van der Waals surface area contributed by atoms with Crippen LogP contribution in [0.4, 0.5) is 27.1 Å². The van der Waals surface area contributed by atoms with E-state index in [1.165, 1.54) is 33.9 Å². The summed E-state index contributed by atoms with van der Waals surface area (Å²) in [7, 11) is 0. The SMILES string of the molecule is CCc1cccc(CC)c1-c1cc(Oc2[c-]c3c(cc2)c2ccccc2n3-c2cc(C)ccn2)[c-]c(N2[CH-]N(c3c(C(C)C)cc(-c4cccc(F)c4)cc3C(C)C)c3ccccc32)c1.[Pt]. The molecule has 0 spiro atoms. The van der Waals surface area contributed by atoms with Gasteiger partial charge < -0.3 is 19.1 Å². The van der Waals surface area contributed by atoms with Gasteiger partial charge in [0, 0.05) is 61.3 Å². The Hall–Kier alpha value is -6.49. The van der Waals surface area contributed by atoms with Gasteiger partial charge in [0.1, 0.15) is 11.6 Å². The van der Waals surface area contributed by atoms with E-state index in [2.05, 4.69) is 185 Å². The van der Waals surface area contributed by atoms with Crippen molar-refractivity contribution in [2.75, 3.05) is 9.80 Å². The first kappa shape index (κ1) is 44.7. The van der Waals surface area contributed by atoms with Gasteiger partial charge in [-0.05, 0) is 136 Å². The number of nitrogens with zero attached hydrogens (tertiary/aromatic N) is 4. The van der Waals surface area contributed by atoms with Crippen LogP contribution >= 0.6 is 0 Å². The Bertz CT molecular complexity index is 3210. The van der Waals surface area contributed by atoms with Crippen LogP contribution in [0.5, 0.6) is 11.5 Å². The molecule has 7 aromatic carbocycles. The number of hydrogen-bond donors (Lipinski definition) is 0. The second kappa shape index (κ2) is 18.4. The molecule has 3 heterocycles. The van der Waals surface area contributed by atoms with Crippen molar-refractivity contribution in [1.29, 1.82) is 0 Å². The molecule has 2 aromatic heterocycles. The molecule has 0 aliphatic carbocycles. The van der Waals surface area contributed by atoms with Crippen molar-refractivity contribution in [3.63, 3.8) is 0 Å². The number of halogens is 1. The van der Waals surface area contributed by atoms with Crippen molar-refractivity contribution >= 4 is 44.6 Å². The van der Waals surface area contributed by atoms with Gasteiger partial charge in [-0.2, -0.15) is 6.07 Å². The first-order chi connectivity index (χ1) is 31.6. The Morgan fingerprint density at radius 2 is 1.32 bits per heavy atom. The molecule has 0 bridgehead atoms. The predicted octanol–water partition coefficient (Wildman–Crippen LogP) is 16.1. The number of ether oxygens (including phenoxy) is 1. The summed E-state index contributed by atoms with van der Waals surface area (Å²) in [5.74, 6) is 2.15. The third-order valence-corrected chi connectivity index (χ3v) is 12.7. The Labute approximate surface area is 402 Å². The fourth-order valence-corrected chi connectivity index (χ4v) is 9.56. The van der Waals surface area contributed by atoms with Crippen molar-refractivity contribution in [2.24, 2.45) is 0 Å². The van der Waals surface area contributed by atoms with E-state index >= 15 is 0 Å². The summed E-state index contributed by atoms with van der Waals surface area (Å²) in [4.78, 5) is 9.38. The molecule has 1 aliphatic heterocycles. The summed E-state index contributed by atoms with van der Waals surface area (Å²) in [5, 5.41) is 2.21. The Balaban J connectivity index is 0.00000548. The smallest absolute Gasteiger partial charge is 0.135 e. The van der Waals surface area contributed by atoms with Crippen molar-refractivity contribution in [3.05, 3.63) is 198 Å². The number of para-hydroxylation sites is 3. The van der Waals surface area contributed by atoms with Crippen molar-refractivity contribution in [1.82, 2.24) is 9.55 Å². The normalized spacial score (nSPS) is 12.4. The molecule has 10 rings (SSSR count). The average molecular weight is 1050 g/mol. The Morgan fingerprint density at radius 1 is 0.636 bits per heavy atom. The number of anilines is 4. The van der Waals surface area contributed by atoms with E-state index in [0.29, 0.717) is 11.5 Å². The van der Waals surface area contributed by atoms with Gasteiger partial charge in [-0.3, -0.25) is 0 Å². The standard InChI is InChI=1S/C59H52FN4O.Pt/c1-8-40-16-14-17-41(9-2)58(40)44-30-46(34-48(31-44)65-47-24-25-50-49-20-10-11-21-53(49)64(56(50)35-47)57-28-39(7)26-27-61-57)62-36-63(55-23-13-12-22-54(55)62)59-51(37(3)4)32-43(33-52(59)38(5)6)42-18-15-19-45(60)29-42;/h10-33,36-38H,8-9H2,1-7H3;/q-3;. The minimum absolute atomic E-state index is 0. The fraction of sp³-hybridized carbons (Fsp3) is 0.186. The van der Waals surface area contributed by atoms with Gasteiger partial charge >= 0.3 is 0 Å². The third-order valence-electron chi connectivity index (χ3n) is 12.7. The number of pyridine rings is 1. The van der Waals surface area contributed by atoms with E-state index in [1.54, 1.807) is 12.1 Å². The van der Waals surface area contributed by atoms with Crippen LogP contribution in [-0.2, 0) is 33.9 Å². The zero-order valence-electron chi connectivity index (χ0n) is 38.4. The minimum atomic E-state index is -0.239. The van der Waals surface area contributed by atoms with Gasteiger partial charge in [0.2, 0.25) is 0 Å². The van der Waals surface area contributed by atoms with Crippen LogP contribution in [0.15, 0.2) is 146 Å². The van der Waals surface area contributed by atoms with Crippen molar-refractivity contribution in [2.45, 2.75) is 73.1 Å². The summed E-state index contributed by atoms with van der Waals surface area (Å²) in [6.07, 6.45) is 3.64. The van der Waals surface area contributed by atoms with Crippen molar-refractivity contribution < 1.29 is 30.2 Å². The first-order valence-electron chi connectivity index (χ1n) is 22.8. The maximum atomic E-state index is 14.6. The second-order valence-corrected chi connectivity index (χ2v) is 17.7. The maximum Gasteiger partial charge on any atom is 0.135 e. The molecule has 0 fully saturated rings. The minimum Gasteiger partial charge on any atom is -0.509 e. The molecule has 0 saturated heterocycles. The molecule has 5 nitrogen and oxygen atoms in total. The Kier molecular flexibility index (Phi) is 12.5. The molecular formula is C59H52FN4OPt-3. The van der Waals surface area contributed by atoms with E-state index in [-0.39, 0.29) is 38.7 Å². The van der Waals surface area contributed by atoms with Gasteiger partial charge in [0.25, 0.3) is 0 Å². The molecular weight excluding hydrogens is 995 g/mol. The summed E-state index contributed by atoms with van der Waals surface area (Å²) >= 11 is 0. The van der Waals surface area contributed by atoms with E-state index in [4.69, 9.17) is 9.72 Å². The zero-order chi connectivity index (χ0) is 44.9. The number of rotatable bonds is 11. The zero-order valence-corrected chi connectivity index (χ0v) is 40.7. The first-order valence-corrected chi connectivity index (χ1v) is 22.8. The number of benzene rings is 7. The summed E-state index contributed by atoms with van der Waals surface area (Å²) in [6.45, 7) is 17.7. The average Bonchev–Trinajstić information content (AvgIpc) is 3.86. The summed E-state index contributed by atoms with van der Waals surface area (Å²) in [6, 6.07) is 55.1. The summed E-state index contributed by atoms with van der Waals surface area (Å²) in [5.41, 5.74) is 16.3. The molecule has 66 heavy (non-hydrogen) atoms. The van der Waals surface area contributed by atoms with Crippen LogP contribution in [0.1, 0.15) is 81.2 Å². The van der Waals surface area contributed by atoms with E-state index in [1.807, 2.05) is 24.4 Å². The van der Waals surface area contributed by atoms with Gasteiger partial charge in [0.15, 0.2) is 0 Å². The number of hydrogen-bond acceptors (Lipinski definition) is 4. The Morgan fingerprint density at radius 3 is 2.00 bits per heavy atom. The molecule has 7 heteroatoms. The molecule has 0 amide bonds. The van der Waals surface area contributed by atoms with Crippen LogP contribution < -0.4 is 14.5 Å². The van der Waals surface area contributed by atoms with Crippen LogP contribution in [0.25, 0.3) is 49.9 Å². The number of aryl methyl sites for hydroxylation is 3. The summed E-state index contributed by atoms with van der Waals surface area (Å²) < 4.78 is 23.7. The van der Waals surface area contributed by atoms with E-state index < -0.39 is 0 Å². The van der Waals surface area contributed by atoms with Crippen molar-refractivity contribution in [3.8, 4) is 39.6 Å². The van der Waals surface area contributed by atoms with E-state index in [0.717, 1.165) is 85.5 Å². The van der Waals surface area contributed by atoms with Gasteiger partial charge in [-0.25, -0.2) is 9.37 Å².